The highest BCUT2D eigenvalue weighted by molar-refractivity contribution is 5.70. The van der Waals surface area contributed by atoms with Crippen molar-refractivity contribution in [3.05, 3.63) is 24.3 Å². The maximum Gasteiger partial charge on any atom is 0.310 e. The normalized spacial score (nSPS) is 12.4. The molecule has 1 atom stereocenters. The van der Waals surface area contributed by atoms with E-state index in [1.54, 1.807) is 12.1 Å². The molecular formula is C12H16O4. The van der Waals surface area contributed by atoms with Crippen LogP contribution in [0.1, 0.15) is 13.8 Å². The predicted octanol–water partition coefficient (Wildman–Crippen LogP) is 2.13. The van der Waals surface area contributed by atoms with Crippen LogP contribution in [-0.4, -0.2) is 22.8 Å². The number of hydrogen-bond acceptors (Lipinski definition) is 3. The molecule has 0 aliphatic carbocycles. The van der Waals surface area contributed by atoms with Crippen LogP contribution >= 0.6 is 0 Å². The van der Waals surface area contributed by atoms with Crippen LogP contribution in [0.5, 0.6) is 11.5 Å². The second kappa shape index (κ2) is 5.39. The maximum absolute atomic E-state index is 10.9. The van der Waals surface area contributed by atoms with E-state index in [4.69, 9.17) is 9.84 Å². The third-order valence-corrected chi connectivity index (χ3v) is 2.37. The fraction of sp³-hybridized carbons (Fsp3) is 0.417. The number of phenols is 1. The van der Waals surface area contributed by atoms with Crippen LogP contribution in [-0.2, 0) is 4.79 Å². The van der Waals surface area contributed by atoms with Crippen molar-refractivity contribution in [2.24, 2.45) is 11.8 Å². The molecule has 0 saturated heterocycles. The smallest absolute Gasteiger partial charge is 0.310 e. The zero-order chi connectivity index (χ0) is 12.1. The standard InChI is InChI=1S/C12H16O4/c1-8(2)11(12(14)15)7-16-10-5-3-4-9(13)6-10/h3-6,8,11,13H,7H2,1-2H3,(H,14,15). The number of aliphatic carboxylic acids is 1. The van der Waals surface area contributed by atoms with Gasteiger partial charge in [-0.2, -0.15) is 0 Å². The summed E-state index contributed by atoms with van der Waals surface area (Å²) in [6.45, 7) is 3.78. The Morgan fingerprint density at radius 3 is 2.62 bits per heavy atom. The van der Waals surface area contributed by atoms with Gasteiger partial charge in [0.25, 0.3) is 0 Å². The summed E-state index contributed by atoms with van der Waals surface area (Å²) < 4.78 is 5.33. The van der Waals surface area contributed by atoms with Crippen molar-refractivity contribution in [1.82, 2.24) is 0 Å². The average Bonchev–Trinajstić information content (AvgIpc) is 2.16. The SMILES string of the molecule is CC(C)C(COc1cccc(O)c1)C(=O)O. The molecule has 0 saturated carbocycles. The van der Waals surface area contributed by atoms with Gasteiger partial charge in [-0.25, -0.2) is 0 Å². The number of carboxylic acid groups (broad SMARTS) is 1. The summed E-state index contributed by atoms with van der Waals surface area (Å²) in [5, 5.41) is 18.1. The third kappa shape index (κ3) is 3.46. The summed E-state index contributed by atoms with van der Waals surface area (Å²) in [4.78, 5) is 10.9. The van der Waals surface area contributed by atoms with Crippen molar-refractivity contribution in [1.29, 1.82) is 0 Å². The molecule has 88 valence electrons. The van der Waals surface area contributed by atoms with Gasteiger partial charge in [-0.05, 0) is 18.1 Å². The Hall–Kier alpha value is -1.71. The van der Waals surface area contributed by atoms with Gasteiger partial charge in [0.15, 0.2) is 0 Å². The number of benzene rings is 1. The molecule has 0 fully saturated rings. The lowest BCUT2D eigenvalue weighted by Crippen LogP contribution is -2.26. The van der Waals surface area contributed by atoms with Crippen molar-refractivity contribution in [2.45, 2.75) is 13.8 Å². The Labute approximate surface area is 94.5 Å². The molecule has 0 aliphatic rings. The van der Waals surface area contributed by atoms with Gasteiger partial charge in [0.05, 0.1) is 5.92 Å². The van der Waals surface area contributed by atoms with Crippen LogP contribution in [0, 0.1) is 11.8 Å². The maximum atomic E-state index is 10.9. The first-order valence-corrected chi connectivity index (χ1v) is 5.15. The molecule has 1 aromatic rings. The van der Waals surface area contributed by atoms with Crippen molar-refractivity contribution < 1.29 is 19.7 Å². The molecule has 4 nitrogen and oxygen atoms in total. The number of hydrogen-bond donors (Lipinski definition) is 2. The van der Waals surface area contributed by atoms with Crippen LogP contribution in [0.2, 0.25) is 0 Å². The van der Waals surface area contributed by atoms with E-state index in [0.717, 1.165) is 0 Å². The number of carbonyl (C=O) groups is 1. The molecule has 0 amide bonds. The zero-order valence-electron chi connectivity index (χ0n) is 9.38. The van der Waals surface area contributed by atoms with Crippen molar-refractivity contribution >= 4 is 5.97 Å². The number of ether oxygens (including phenoxy) is 1. The molecule has 0 heterocycles. The lowest BCUT2D eigenvalue weighted by atomic mass is 9.97. The Balaban J connectivity index is 2.59. The van der Waals surface area contributed by atoms with Crippen LogP contribution in [0.15, 0.2) is 24.3 Å². The van der Waals surface area contributed by atoms with Crippen molar-refractivity contribution in [3.63, 3.8) is 0 Å². The number of carboxylic acids is 1. The van der Waals surface area contributed by atoms with E-state index in [1.165, 1.54) is 12.1 Å². The minimum absolute atomic E-state index is 0.00908. The molecule has 1 rings (SSSR count). The summed E-state index contributed by atoms with van der Waals surface area (Å²) >= 11 is 0. The highest BCUT2D eigenvalue weighted by atomic mass is 16.5. The molecule has 0 aromatic heterocycles. The first-order valence-electron chi connectivity index (χ1n) is 5.15. The van der Waals surface area contributed by atoms with Crippen molar-refractivity contribution in [3.8, 4) is 11.5 Å². The number of phenolic OH excluding ortho intramolecular Hbond substituents is 1. The number of aromatic hydroxyl groups is 1. The topological polar surface area (TPSA) is 66.8 Å². The highest BCUT2D eigenvalue weighted by Crippen LogP contribution is 2.20. The van der Waals surface area contributed by atoms with E-state index in [0.29, 0.717) is 5.75 Å². The van der Waals surface area contributed by atoms with Crippen LogP contribution in [0.4, 0.5) is 0 Å². The van der Waals surface area contributed by atoms with Gasteiger partial charge in [0, 0.05) is 6.07 Å². The highest BCUT2D eigenvalue weighted by Gasteiger charge is 2.22. The van der Waals surface area contributed by atoms with Gasteiger partial charge in [0.1, 0.15) is 18.1 Å². The van der Waals surface area contributed by atoms with E-state index in [2.05, 4.69) is 0 Å². The summed E-state index contributed by atoms with van der Waals surface area (Å²) in [6.07, 6.45) is 0. The monoisotopic (exact) mass is 224 g/mol. The lowest BCUT2D eigenvalue weighted by molar-refractivity contribution is -0.144. The Bertz CT molecular complexity index is 360. The van der Waals surface area contributed by atoms with Gasteiger partial charge in [-0.15, -0.1) is 0 Å². The van der Waals surface area contributed by atoms with E-state index in [-0.39, 0.29) is 18.3 Å². The molecule has 0 radical (unpaired) electrons. The quantitative estimate of drug-likeness (QED) is 0.804. The van der Waals surface area contributed by atoms with Crippen LogP contribution in [0.3, 0.4) is 0 Å². The fourth-order valence-electron chi connectivity index (χ4n) is 1.31. The molecule has 0 aliphatic heterocycles. The van der Waals surface area contributed by atoms with E-state index < -0.39 is 11.9 Å². The molecule has 2 N–H and O–H groups in total. The summed E-state index contributed by atoms with van der Waals surface area (Å²) in [7, 11) is 0. The molecule has 16 heavy (non-hydrogen) atoms. The minimum atomic E-state index is -0.866. The summed E-state index contributed by atoms with van der Waals surface area (Å²) in [5.41, 5.74) is 0. The summed E-state index contributed by atoms with van der Waals surface area (Å²) in [5.74, 6) is -0.812. The van der Waals surface area contributed by atoms with Crippen molar-refractivity contribution in [2.75, 3.05) is 6.61 Å². The van der Waals surface area contributed by atoms with Gasteiger partial charge in [-0.1, -0.05) is 19.9 Å². The minimum Gasteiger partial charge on any atom is -0.508 e. The lowest BCUT2D eigenvalue weighted by Gasteiger charge is -2.16. The van der Waals surface area contributed by atoms with E-state index in [9.17, 15) is 9.90 Å². The molecule has 0 bridgehead atoms. The Kier molecular flexibility index (Phi) is 4.17. The predicted molar refractivity (Wildman–Crippen MR) is 59.6 cm³/mol. The summed E-state index contributed by atoms with van der Waals surface area (Å²) in [6, 6.07) is 6.32. The number of rotatable bonds is 5. The molecule has 0 spiro atoms. The first kappa shape index (κ1) is 12.4. The molecule has 4 heteroatoms. The first-order chi connectivity index (χ1) is 7.50. The largest absolute Gasteiger partial charge is 0.508 e. The molecule has 1 unspecified atom stereocenters. The zero-order valence-corrected chi connectivity index (χ0v) is 9.38. The second-order valence-corrected chi connectivity index (χ2v) is 4.00. The Morgan fingerprint density at radius 2 is 2.12 bits per heavy atom. The van der Waals surface area contributed by atoms with Gasteiger partial charge in [-0.3, -0.25) is 4.79 Å². The van der Waals surface area contributed by atoms with E-state index >= 15 is 0 Å². The fourth-order valence-corrected chi connectivity index (χ4v) is 1.31. The third-order valence-electron chi connectivity index (χ3n) is 2.37. The van der Waals surface area contributed by atoms with Gasteiger partial charge in [0.2, 0.25) is 0 Å². The van der Waals surface area contributed by atoms with Gasteiger partial charge < -0.3 is 14.9 Å². The second-order valence-electron chi connectivity index (χ2n) is 4.00. The van der Waals surface area contributed by atoms with E-state index in [1.807, 2.05) is 13.8 Å². The van der Waals surface area contributed by atoms with Crippen LogP contribution < -0.4 is 4.74 Å². The molecule has 1 aromatic carbocycles. The van der Waals surface area contributed by atoms with Crippen LogP contribution in [0.25, 0.3) is 0 Å². The molecular weight excluding hydrogens is 208 g/mol. The van der Waals surface area contributed by atoms with Gasteiger partial charge >= 0.3 is 5.97 Å². The Morgan fingerprint density at radius 1 is 1.44 bits per heavy atom. The average molecular weight is 224 g/mol.